The third-order valence-electron chi connectivity index (χ3n) is 2.47. The summed E-state index contributed by atoms with van der Waals surface area (Å²) < 4.78 is 4.51. The first-order chi connectivity index (χ1) is 9.99. The van der Waals surface area contributed by atoms with Gasteiger partial charge in [-0.25, -0.2) is 9.59 Å². The molecular formula is C11H11N5O5. The van der Waals surface area contributed by atoms with E-state index in [2.05, 4.69) is 25.2 Å². The average molecular weight is 293 g/mol. The van der Waals surface area contributed by atoms with Crippen LogP contribution in [0.5, 0.6) is 0 Å². The molecule has 0 aliphatic carbocycles. The Bertz CT molecular complexity index is 758. The largest absolute Gasteiger partial charge is 0.464 e. The number of hydrogen-bond acceptors (Lipinski definition) is 6. The van der Waals surface area contributed by atoms with E-state index < -0.39 is 23.1 Å². The molecule has 4 N–H and O–H groups in total. The molecule has 0 spiro atoms. The lowest BCUT2D eigenvalue weighted by molar-refractivity contribution is -0.115. The second-order valence-electron chi connectivity index (χ2n) is 3.99. The summed E-state index contributed by atoms with van der Waals surface area (Å²) in [4.78, 5) is 49.7. The number of ether oxygens (including phenoxy) is 1. The second-order valence-corrected chi connectivity index (χ2v) is 3.99. The molecule has 0 unspecified atom stereocenters. The van der Waals surface area contributed by atoms with E-state index in [1.54, 1.807) is 0 Å². The molecule has 10 nitrogen and oxygen atoms in total. The summed E-state index contributed by atoms with van der Waals surface area (Å²) in [7, 11) is 1.19. The van der Waals surface area contributed by atoms with E-state index in [1.807, 2.05) is 4.98 Å². The molecular weight excluding hydrogens is 282 g/mol. The number of nitrogens with zero attached hydrogens (tertiary/aromatic N) is 1. The number of carbonyl (C=O) groups is 2. The highest BCUT2D eigenvalue weighted by atomic mass is 16.5. The standard InChI is InChI=1S/C11H11N5O5/c1-21-10(19)9-6(4-12-16-9)14-7(17)2-5-3-8(18)15-11(20)13-5/h3-4H,2H2,1H3,(H,12,16)(H,14,17)(H2,13,15,18,20). The van der Waals surface area contributed by atoms with Crippen LogP contribution in [0.3, 0.4) is 0 Å². The Hall–Kier alpha value is -3.17. The normalized spacial score (nSPS) is 10.1. The number of methoxy groups -OCH3 is 1. The summed E-state index contributed by atoms with van der Waals surface area (Å²) in [5.74, 6) is -1.23. The number of rotatable bonds is 4. The average Bonchev–Trinajstić information content (AvgIpc) is 2.84. The van der Waals surface area contributed by atoms with Gasteiger partial charge in [-0.1, -0.05) is 0 Å². The van der Waals surface area contributed by atoms with Crippen LogP contribution in [-0.2, 0) is 16.0 Å². The minimum absolute atomic E-state index is 0.00903. The Labute approximate surface area is 116 Å². The van der Waals surface area contributed by atoms with Gasteiger partial charge in [0.15, 0.2) is 5.69 Å². The maximum Gasteiger partial charge on any atom is 0.358 e. The molecule has 0 aliphatic rings. The lowest BCUT2D eigenvalue weighted by Crippen LogP contribution is -2.25. The first-order valence-electron chi connectivity index (χ1n) is 5.73. The van der Waals surface area contributed by atoms with Gasteiger partial charge in [0.1, 0.15) is 0 Å². The monoisotopic (exact) mass is 293 g/mol. The van der Waals surface area contributed by atoms with Gasteiger partial charge in [0.2, 0.25) is 5.91 Å². The number of amides is 1. The number of esters is 1. The van der Waals surface area contributed by atoms with Gasteiger partial charge in [0.25, 0.3) is 5.56 Å². The van der Waals surface area contributed by atoms with Gasteiger partial charge < -0.3 is 15.0 Å². The summed E-state index contributed by atoms with van der Waals surface area (Å²) in [6.45, 7) is 0. The van der Waals surface area contributed by atoms with Crippen molar-refractivity contribution in [2.45, 2.75) is 6.42 Å². The van der Waals surface area contributed by atoms with Crippen molar-refractivity contribution in [2.24, 2.45) is 0 Å². The molecule has 0 aliphatic heterocycles. The van der Waals surface area contributed by atoms with Crippen LogP contribution in [0.4, 0.5) is 5.69 Å². The van der Waals surface area contributed by atoms with Crippen LogP contribution < -0.4 is 16.6 Å². The van der Waals surface area contributed by atoms with Crippen molar-refractivity contribution in [1.29, 1.82) is 0 Å². The van der Waals surface area contributed by atoms with Gasteiger partial charge in [0, 0.05) is 11.8 Å². The van der Waals surface area contributed by atoms with E-state index in [4.69, 9.17) is 0 Å². The van der Waals surface area contributed by atoms with Crippen LogP contribution in [0.2, 0.25) is 0 Å². The van der Waals surface area contributed by atoms with E-state index >= 15 is 0 Å². The molecule has 0 aromatic carbocycles. The number of carbonyl (C=O) groups excluding carboxylic acids is 2. The predicted molar refractivity (Wildman–Crippen MR) is 69.9 cm³/mol. The van der Waals surface area contributed by atoms with Crippen molar-refractivity contribution in [3.8, 4) is 0 Å². The van der Waals surface area contributed by atoms with Crippen LogP contribution in [0.1, 0.15) is 16.2 Å². The Balaban J connectivity index is 2.12. The van der Waals surface area contributed by atoms with Crippen molar-refractivity contribution < 1.29 is 14.3 Å². The molecule has 0 saturated heterocycles. The van der Waals surface area contributed by atoms with Gasteiger partial charge in [-0.15, -0.1) is 0 Å². The topological polar surface area (TPSA) is 150 Å². The molecule has 2 aromatic rings. The number of anilines is 1. The summed E-state index contributed by atoms with van der Waals surface area (Å²) >= 11 is 0. The van der Waals surface area contributed by atoms with Crippen molar-refractivity contribution in [3.63, 3.8) is 0 Å². The third kappa shape index (κ3) is 3.43. The van der Waals surface area contributed by atoms with Crippen LogP contribution in [-0.4, -0.2) is 39.2 Å². The Morgan fingerprint density at radius 1 is 1.33 bits per heavy atom. The molecule has 0 atom stereocenters. The molecule has 0 saturated carbocycles. The van der Waals surface area contributed by atoms with Gasteiger partial charge in [-0.3, -0.25) is 19.7 Å². The lowest BCUT2D eigenvalue weighted by Gasteiger charge is -2.04. The fourth-order valence-electron chi connectivity index (χ4n) is 1.62. The van der Waals surface area contributed by atoms with E-state index in [1.165, 1.54) is 13.3 Å². The highest BCUT2D eigenvalue weighted by Crippen LogP contribution is 2.12. The molecule has 2 rings (SSSR count). The van der Waals surface area contributed by atoms with Gasteiger partial charge in [-0.05, 0) is 0 Å². The third-order valence-corrected chi connectivity index (χ3v) is 2.47. The molecule has 21 heavy (non-hydrogen) atoms. The van der Waals surface area contributed by atoms with E-state index in [-0.39, 0.29) is 23.5 Å². The van der Waals surface area contributed by atoms with E-state index in [0.29, 0.717) is 0 Å². The van der Waals surface area contributed by atoms with Crippen molar-refractivity contribution >= 4 is 17.6 Å². The highest BCUT2D eigenvalue weighted by Gasteiger charge is 2.16. The van der Waals surface area contributed by atoms with Crippen molar-refractivity contribution in [3.05, 3.63) is 44.5 Å². The quantitative estimate of drug-likeness (QED) is 0.517. The maximum absolute atomic E-state index is 11.8. The minimum Gasteiger partial charge on any atom is -0.464 e. The fourth-order valence-corrected chi connectivity index (χ4v) is 1.62. The molecule has 2 aromatic heterocycles. The number of H-pyrrole nitrogens is 3. The van der Waals surface area contributed by atoms with Crippen molar-refractivity contribution in [1.82, 2.24) is 20.2 Å². The molecule has 2 heterocycles. The van der Waals surface area contributed by atoms with Crippen molar-refractivity contribution in [2.75, 3.05) is 12.4 Å². The fraction of sp³-hybridized carbons (Fsp3) is 0.182. The molecule has 10 heteroatoms. The second kappa shape index (κ2) is 5.86. The predicted octanol–water partition coefficient (Wildman–Crippen LogP) is -1.25. The zero-order chi connectivity index (χ0) is 15.4. The number of aromatic amines is 3. The van der Waals surface area contributed by atoms with E-state index in [9.17, 15) is 19.2 Å². The molecule has 1 amide bonds. The number of hydrogen-bond donors (Lipinski definition) is 4. The molecule has 110 valence electrons. The summed E-state index contributed by atoms with van der Waals surface area (Å²) in [6.07, 6.45) is 0.996. The summed E-state index contributed by atoms with van der Waals surface area (Å²) in [5, 5.41) is 8.44. The van der Waals surface area contributed by atoms with Crippen LogP contribution in [0, 0.1) is 0 Å². The van der Waals surface area contributed by atoms with E-state index in [0.717, 1.165) is 6.07 Å². The summed E-state index contributed by atoms with van der Waals surface area (Å²) in [5.41, 5.74) is -1.04. The Morgan fingerprint density at radius 3 is 2.76 bits per heavy atom. The number of nitrogens with one attached hydrogen (secondary N) is 4. The first kappa shape index (κ1) is 14.2. The maximum atomic E-state index is 11.8. The van der Waals surface area contributed by atoms with Gasteiger partial charge in [-0.2, -0.15) is 5.10 Å². The molecule has 0 bridgehead atoms. The van der Waals surface area contributed by atoms with Gasteiger partial charge in [0.05, 0.1) is 25.4 Å². The zero-order valence-corrected chi connectivity index (χ0v) is 10.9. The SMILES string of the molecule is COC(=O)c1[nH]ncc1NC(=O)Cc1cc(=O)[nH]c(=O)[nH]1. The summed E-state index contributed by atoms with van der Waals surface area (Å²) in [6, 6.07) is 1.09. The van der Waals surface area contributed by atoms with Crippen LogP contribution >= 0.6 is 0 Å². The smallest absolute Gasteiger partial charge is 0.358 e. The Kier molecular flexibility index (Phi) is 3.97. The highest BCUT2D eigenvalue weighted by molar-refractivity contribution is 6.00. The van der Waals surface area contributed by atoms with Crippen LogP contribution in [0.15, 0.2) is 21.9 Å². The lowest BCUT2D eigenvalue weighted by atomic mass is 10.2. The van der Waals surface area contributed by atoms with Crippen LogP contribution in [0.25, 0.3) is 0 Å². The zero-order valence-electron chi connectivity index (χ0n) is 10.9. The van der Waals surface area contributed by atoms with Gasteiger partial charge >= 0.3 is 11.7 Å². The molecule has 0 radical (unpaired) electrons. The minimum atomic E-state index is -0.705. The Morgan fingerprint density at radius 2 is 2.10 bits per heavy atom. The molecule has 0 fully saturated rings. The number of aromatic nitrogens is 4. The first-order valence-corrected chi connectivity index (χ1v) is 5.73.